The average Bonchev–Trinajstić information content (AvgIpc) is 2.33. The van der Waals surface area contributed by atoms with E-state index in [2.05, 4.69) is 5.32 Å². The number of rotatable bonds is 3. The Labute approximate surface area is 124 Å². The SMILES string of the molecule is COC(=O)[C@@H](NC(=O)OC(C)(C)C)C1CCC(O)(O)CC1. The molecule has 0 spiro atoms. The smallest absolute Gasteiger partial charge is 0.408 e. The number of carbonyl (C=O) groups excluding carboxylic acids is 2. The zero-order chi connectivity index (χ0) is 16.3. The molecule has 21 heavy (non-hydrogen) atoms. The minimum absolute atomic E-state index is 0.154. The lowest BCUT2D eigenvalue weighted by molar-refractivity contribution is -0.189. The van der Waals surface area contributed by atoms with Gasteiger partial charge in [0.25, 0.3) is 0 Å². The molecule has 1 fully saturated rings. The van der Waals surface area contributed by atoms with Crippen LogP contribution < -0.4 is 5.32 Å². The van der Waals surface area contributed by atoms with Gasteiger partial charge in [0.2, 0.25) is 0 Å². The van der Waals surface area contributed by atoms with Gasteiger partial charge in [-0.05, 0) is 39.5 Å². The normalized spacial score (nSPS) is 20.5. The summed E-state index contributed by atoms with van der Waals surface area (Å²) < 4.78 is 9.85. The van der Waals surface area contributed by atoms with Crippen LogP contribution in [0.4, 0.5) is 4.79 Å². The Balaban J connectivity index is 2.69. The molecule has 7 nitrogen and oxygen atoms in total. The Morgan fingerprint density at radius 2 is 1.76 bits per heavy atom. The van der Waals surface area contributed by atoms with Gasteiger partial charge in [-0.3, -0.25) is 0 Å². The fourth-order valence-corrected chi connectivity index (χ4v) is 2.37. The number of hydrogen-bond acceptors (Lipinski definition) is 6. The van der Waals surface area contributed by atoms with Crippen molar-refractivity contribution in [3.05, 3.63) is 0 Å². The highest BCUT2D eigenvalue weighted by Crippen LogP contribution is 2.32. The van der Waals surface area contributed by atoms with Crippen LogP contribution in [0.3, 0.4) is 0 Å². The summed E-state index contributed by atoms with van der Waals surface area (Å²) in [5.41, 5.74) is -0.664. The molecule has 0 unspecified atom stereocenters. The van der Waals surface area contributed by atoms with E-state index in [0.717, 1.165) is 0 Å². The van der Waals surface area contributed by atoms with Crippen LogP contribution in [0.1, 0.15) is 46.5 Å². The molecule has 1 rings (SSSR count). The van der Waals surface area contributed by atoms with Crippen molar-refractivity contribution in [2.45, 2.75) is 63.9 Å². The fraction of sp³-hybridized carbons (Fsp3) is 0.857. The van der Waals surface area contributed by atoms with E-state index in [1.54, 1.807) is 20.8 Å². The van der Waals surface area contributed by atoms with Gasteiger partial charge in [-0.2, -0.15) is 0 Å². The van der Waals surface area contributed by atoms with Gasteiger partial charge in [-0.25, -0.2) is 9.59 Å². The van der Waals surface area contributed by atoms with E-state index in [9.17, 15) is 19.8 Å². The monoisotopic (exact) mass is 303 g/mol. The second-order valence-corrected chi connectivity index (χ2v) is 6.47. The molecule has 0 aromatic heterocycles. The summed E-state index contributed by atoms with van der Waals surface area (Å²) in [5, 5.41) is 21.6. The summed E-state index contributed by atoms with van der Waals surface area (Å²) >= 11 is 0. The Bertz CT molecular complexity index is 377. The largest absolute Gasteiger partial charge is 0.467 e. The first-order valence-corrected chi connectivity index (χ1v) is 7.06. The highest BCUT2D eigenvalue weighted by Gasteiger charge is 2.38. The zero-order valence-corrected chi connectivity index (χ0v) is 13.0. The molecule has 7 heteroatoms. The first-order valence-electron chi connectivity index (χ1n) is 7.06. The lowest BCUT2D eigenvalue weighted by Gasteiger charge is -2.35. The van der Waals surface area contributed by atoms with Gasteiger partial charge in [0.05, 0.1) is 7.11 Å². The lowest BCUT2D eigenvalue weighted by atomic mass is 9.81. The second-order valence-electron chi connectivity index (χ2n) is 6.47. The molecule has 1 saturated carbocycles. The maximum absolute atomic E-state index is 11.9. The van der Waals surface area contributed by atoms with E-state index in [1.807, 2.05) is 0 Å². The van der Waals surface area contributed by atoms with Gasteiger partial charge < -0.3 is 25.0 Å². The van der Waals surface area contributed by atoms with Crippen LogP contribution in [0.2, 0.25) is 0 Å². The molecule has 0 aromatic carbocycles. The minimum atomic E-state index is -1.69. The summed E-state index contributed by atoms with van der Waals surface area (Å²) in [6.45, 7) is 5.19. The third-order valence-corrected chi connectivity index (χ3v) is 3.43. The van der Waals surface area contributed by atoms with Crippen molar-refractivity contribution in [3.8, 4) is 0 Å². The number of amides is 1. The molecule has 1 atom stereocenters. The third kappa shape index (κ3) is 5.89. The maximum atomic E-state index is 11.9. The lowest BCUT2D eigenvalue weighted by Crippen LogP contribution is -2.50. The van der Waals surface area contributed by atoms with Crippen molar-refractivity contribution in [1.29, 1.82) is 0 Å². The minimum Gasteiger partial charge on any atom is -0.467 e. The summed E-state index contributed by atoms with van der Waals surface area (Å²) in [7, 11) is 1.25. The quantitative estimate of drug-likeness (QED) is 0.529. The summed E-state index contributed by atoms with van der Waals surface area (Å²) in [5.74, 6) is -2.46. The van der Waals surface area contributed by atoms with Crippen LogP contribution in [0.15, 0.2) is 0 Å². The fourth-order valence-electron chi connectivity index (χ4n) is 2.37. The molecule has 0 bridgehead atoms. The number of esters is 1. The van der Waals surface area contributed by atoms with Crippen molar-refractivity contribution in [2.75, 3.05) is 7.11 Å². The van der Waals surface area contributed by atoms with Gasteiger partial charge >= 0.3 is 12.1 Å². The van der Waals surface area contributed by atoms with Crippen molar-refractivity contribution < 1.29 is 29.3 Å². The van der Waals surface area contributed by atoms with Crippen LogP contribution in [-0.2, 0) is 14.3 Å². The maximum Gasteiger partial charge on any atom is 0.408 e. The van der Waals surface area contributed by atoms with Crippen LogP contribution in [0, 0.1) is 5.92 Å². The van der Waals surface area contributed by atoms with E-state index in [1.165, 1.54) is 7.11 Å². The number of hydrogen-bond donors (Lipinski definition) is 3. The van der Waals surface area contributed by atoms with Crippen molar-refractivity contribution >= 4 is 12.1 Å². The van der Waals surface area contributed by atoms with Gasteiger partial charge in [-0.1, -0.05) is 0 Å². The third-order valence-electron chi connectivity index (χ3n) is 3.43. The number of methoxy groups -OCH3 is 1. The van der Waals surface area contributed by atoms with Crippen LogP contribution in [0.5, 0.6) is 0 Å². The average molecular weight is 303 g/mol. The standard InChI is InChI=1S/C14H25NO6/c1-13(2,3)21-12(17)15-10(11(16)20-4)9-5-7-14(18,19)8-6-9/h9-10,18-19H,5-8H2,1-4H3,(H,15,17)/t10-/m0/s1. The molecule has 0 heterocycles. The van der Waals surface area contributed by atoms with Crippen LogP contribution in [0.25, 0.3) is 0 Å². The van der Waals surface area contributed by atoms with E-state index < -0.39 is 29.5 Å². The Hall–Kier alpha value is -1.34. The van der Waals surface area contributed by atoms with Crippen molar-refractivity contribution in [3.63, 3.8) is 0 Å². The molecule has 1 aliphatic carbocycles. The highest BCUT2D eigenvalue weighted by atomic mass is 16.6. The van der Waals surface area contributed by atoms with Crippen molar-refractivity contribution in [1.82, 2.24) is 5.32 Å². The van der Waals surface area contributed by atoms with Gasteiger partial charge in [0.15, 0.2) is 5.79 Å². The topological polar surface area (TPSA) is 105 Å². The van der Waals surface area contributed by atoms with Crippen LogP contribution >= 0.6 is 0 Å². The number of nitrogens with one attached hydrogen (secondary N) is 1. The summed E-state index contributed by atoms with van der Waals surface area (Å²) in [4.78, 5) is 23.7. The predicted octanol–water partition coefficient (Wildman–Crippen LogP) is 0.924. The molecule has 1 amide bonds. The van der Waals surface area contributed by atoms with Crippen molar-refractivity contribution in [2.24, 2.45) is 5.92 Å². The number of ether oxygens (including phenoxy) is 2. The van der Waals surface area contributed by atoms with E-state index >= 15 is 0 Å². The van der Waals surface area contributed by atoms with Gasteiger partial charge in [0.1, 0.15) is 11.6 Å². The van der Waals surface area contributed by atoms with Gasteiger partial charge in [-0.15, -0.1) is 0 Å². The Kier molecular flexibility index (Phi) is 5.58. The van der Waals surface area contributed by atoms with E-state index in [0.29, 0.717) is 12.8 Å². The first-order chi connectivity index (χ1) is 9.54. The molecule has 1 aliphatic rings. The Morgan fingerprint density at radius 1 is 1.24 bits per heavy atom. The summed E-state index contributed by atoms with van der Waals surface area (Å²) in [6, 6.07) is -0.846. The highest BCUT2D eigenvalue weighted by molar-refractivity contribution is 5.81. The number of alkyl carbamates (subject to hydrolysis) is 1. The first kappa shape index (κ1) is 17.7. The molecule has 0 radical (unpaired) electrons. The molecule has 0 saturated heterocycles. The molecule has 0 aromatic rings. The molecule has 122 valence electrons. The van der Waals surface area contributed by atoms with Gasteiger partial charge in [0, 0.05) is 12.8 Å². The van der Waals surface area contributed by atoms with Crippen LogP contribution in [-0.4, -0.2) is 46.8 Å². The predicted molar refractivity (Wildman–Crippen MR) is 74.3 cm³/mol. The number of aliphatic hydroxyl groups is 2. The molecular weight excluding hydrogens is 278 g/mol. The number of carbonyl (C=O) groups is 2. The molecule has 0 aliphatic heterocycles. The van der Waals surface area contributed by atoms with E-state index in [4.69, 9.17) is 9.47 Å². The molecule has 3 N–H and O–H groups in total. The zero-order valence-electron chi connectivity index (χ0n) is 13.0. The summed E-state index contributed by atoms with van der Waals surface area (Å²) in [6.07, 6.45) is 0.427. The molecular formula is C14H25NO6. The second kappa shape index (κ2) is 6.62. The van der Waals surface area contributed by atoms with E-state index in [-0.39, 0.29) is 18.8 Å². The Morgan fingerprint density at radius 3 is 2.19 bits per heavy atom.